The van der Waals surface area contributed by atoms with E-state index in [1.807, 2.05) is 6.92 Å². The van der Waals surface area contributed by atoms with E-state index in [1.54, 1.807) is 0 Å². The highest BCUT2D eigenvalue weighted by atomic mass is 16.4. The van der Waals surface area contributed by atoms with Crippen molar-refractivity contribution in [3.05, 3.63) is 0 Å². The van der Waals surface area contributed by atoms with Gasteiger partial charge in [0, 0.05) is 24.7 Å². The second kappa shape index (κ2) is 44.3. The maximum absolute atomic E-state index is 10.1. The first-order chi connectivity index (χ1) is 22.6. The molecule has 284 valence electrons. The van der Waals surface area contributed by atoms with E-state index in [2.05, 4.69) is 20.8 Å². The van der Waals surface area contributed by atoms with Crippen LogP contribution in [0.5, 0.6) is 0 Å². The molecule has 0 aromatic rings. The molecule has 9 nitrogen and oxygen atoms in total. The standard InChI is InChI=1S/3C10H20O2.C8H18O3/c3*1-2-3-4-5-6-7-8-9-10(11)12;1-2-3-4-8(5-9,6-10)7-11/h3*2-9H2,1H3,(H,11,12);9-11H,2-7H2,1H3. The van der Waals surface area contributed by atoms with Crippen LogP contribution in [0.15, 0.2) is 0 Å². The van der Waals surface area contributed by atoms with Gasteiger partial charge in [-0.1, -0.05) is 156 Å². The third-order valence-electron chi connectivity index (χ3n) is 8.05. The monoisotopic (exact) mass is 679 g/mol. The number of aliphatic carboxylic acids is 3. The zero-order chi connectivity index (χ0) is 36.4. The summed E-state index contributed by atoms with van der Waals surface area (Å²) in [5, 5.41) is 51.7. The average molecular weight is 679 g/mol. The van der Waals surface area contributed by atoms with E-state index in [0.717, 1.165) is 51.4 Å². The van der Waals surface area contributed by atoms with Crippen LogP contribution >= 0.6 is 0 Å². The van der Waals surface area contributed by atoms with E-state index in [-0.39, 0.29) is 19.8 Å². The summed E-state index contributed by atoms with van der Waals surface area (Å²) >= 11 is 0. The van der Waals surface area contributed by atoms with Crippen LogP contribution in [0.3, 0.4) is 0 Å². The SMILES string of the molecule is CCCCC(CO)(CO)CO.CCCCCCCCCC(=O)O.CCCCCCCCCC(=O)O.CCCCCCCCCC(=O)O. The fourth-order valence-corrected chi connectivity index (χ4v) is 4.64. The fraction of sp³-hybridized carbons (Fsp3) is 0.921. The molecule has 0 aromatic heterocycles. The first kappa shape index (κ1) is 52.1. The van der Waals surface area contributed by atoms with Gasteiger partial charge in [0.05, 0.1) is 19.8 Å². The highest BCUT2D eigenvalue weighted by molar-refractivity contribution is 5.67. The molecule has 0 bridgehead atoms. The van der Waals surface area contributed by atoms with Crippen LogP contribution < -0.4 is 0 Å². The highest BCUT2D eigenvalue weighted by Gasteiger charge is 2.26. The summed E-state index contributed by atoms with van der Waals surface area (Å²) in [5.41, 5.74) is -0.657. The largest absolute Gasteiger partial charge is 0.481 e. The van der Waals surface area contributed by atoms with Gasteiger partial charge in [-0.3, -0.25) is 14.4 Å². The van der Waals surface area contributed by atoms with Crippen LogP contribution in [0, 0.1) is 5.41 Å². The van der Waals surface area contributed by atoms with Crippen LogP contribution in [0.4, 0.5) is 0 Å². The van der Waals surface area contributed by atoms with E-state index in [4.69, 9.17) is 30.6 Å². The third kappa shape index (κ3) is 51.3. The first-order valence-corrected chi connectivity index (χ1v) is 19.0. The molecule has 0 saturated carbocycles. The normalized spacial score (nSPS) is 10.5. The lowest BCUT2D eigenvalue weighted by atomic mass is 9.85. The Morgan fingerprint density at radius 1 is 0.362 bits per heavy atom. The fourth-order valence-electron chi connectivity index (χ4n) is 4.64. The first-order valence-electron chi connectivity index (χ1n) is 19.0. The lowest BCUT2D eigenvalue weighted by Crippen LogP contribution is -2.33. The van der Waals surface area contributed by atoms with Gasteiger partial charge >= 0.3 is 17.9 Å². The number of carboxylic acid groups (broad SMARTS) is 3. The number of aliphatic hydroxyl groups excluding tert-OH is 3. The Morgan fingerprint density at radius 3 is 0.766 bits per heavy atom. The molecule has 0 unspecified atom stereocenters. The predicted octanol–water partition coefficient (Wildman–Crippen LogP) is 9.78. The van der Waals surface area contributed by atoms with Gasteiger partial charge in [-0.15, -0.1) is 0 Å². The van der Waals surface area contributed by atoms with Gasteiger partial charge in [-0.25, -0.2) is 0 Å². The van der Waals surface area contributed by atoms with Crippen molar-refractivity contribution in [1.29, 1.82) is 0 Å². The summed E-state index contributed by atoms with van der Waals surface area (Å²) in [7, 11) is 0. The van der Waals surface area contributed by atoms with Crippen molar-refractivity contribution in [2.24, 2.45) is 5.41 Å². The van der Waals surface area contributed by atoms with E-state index in [0.29, 0.717) is 25.7 Å². The molecule has 0 amide bonds. The topological polar surface area (TPSA) is 173 Å². The van der Waals surface area contributed by atoms with Gasteiger partial charge in [0.1, 0.15) is 0 Å². The summed E-state index contributed by atoms with van der Waals surface area (Å²) in [4.78, 5) is 30.4. The van der Waals surface area contributed by atoms with Crippen molar-refractivity contribution in [3.63, 3.8) is 0 Å². The van der Waals surface area contributed by atoms with Crippen molar-refractivity contribution in [2.75, 3.05) is 19.8 Å². The van der Waals surface area contributed by atoms with Gasteiger partial charge in [0.2, 0.25) is 0 Å². The van der Waals surface area contributed by atoms with E-state index in [9.17, 15) is 14.4 Å². The molecule has 0 spiro atoms. The predicted molar refractivity (Wildman–Crippen MR) is 194 cm³/mol. The van der Waals surface area contributed by atoms with E-state index in [1.165, 1.54) is 96.3 Å². The minimum Gasteiger partial charge on any atom is -0.481 e. The number of carboxylic acids is 3. The highest BCUT2D eigenvalue weighted by Crippen LogP contribution is 2.22. The Labute approximate surface area is 289 Å². The molecule has 0 saturated heterocycles. The lowest BCUT2D eigenvalue weighted by Gasteiger charge is -2.26. The molecule has 0 aromatic carbocycles. The van der Waals surface area contributed by atoms with Crippen molar-refractivity contribution in [3.8, 4) is 0 Å². The number of hydrogen-bond acceptors (Lipinski definition) is 6. The second-order valence-electron chi connectivity index (χ2n) is 12.9. The molecule has 0 fully saturated rings. The van der Waals surface area contributed by atoms with E-state index >= 15 is 0 Å². The average Bonchev–Trinajstić information content (AvgIpc) is 3.05. The molecular weight excluding hydrogens is 600 g/mol. The van der Waals surface area contributed by atoms with Crippen molar-refractivity contribution < 1.29 is 45.0 Å². The van der Waals surface area contributed by atoms with Crippen LogP contribution in [-0.4, -0.2) is 68.4 Å². The summed E-state index contributed by atoms with van der Waals surface area (Å²) in [6.45, 7) is 8.22. The van der Waals surface area contributed by atoms with Gasteiger partial charge in [-0.2, -0.15) is 0 Å². The number of unbranched alkanes of at least 4 members (excludes halogenated alkanes) is 19. The maximum atomic E-state index is 10.1. The van der Waals surface area contributed by atoms with Crippen molar-refractivity contribution in [2.45, 2.75) is 201 Å². The molecule has 0 rings (SSSR count). The molecular formula is C38H78O9. The van der Waals surface area contributed by atoms with Gasteiger partial charge in [-0.05, 0) is 25.7 Å². The Balaban J connectivity index is -0.000000262. The molecule has 47 heavy (non-hydrogen) atoms. The van der Waals surface area contributed by atoms with Crippen LogP contribution in [-0.2, 0) is 14.4 Å². The Hall–Kier alpha value is -1.71. The third-order valence-corrected chi connectivity index (χ3v) is 8.05. The van der Waals surface area contributed by atoms with Crippen molar-refractivity contribution >= 4 is 17.9 Å². The minimum absolute atomic E-state index is 0.139. The quantitative estimate of drug-likeness (QED) is 0.0404. The van der Waals surface area contributed by atoms with Crippen molar-refractivity contribution in [1.82, 2.24) is 0 Å². The number of hydrogen-bond donors (Lipinski definition) is 6. The molecule has 0 aliphatic carbocycles. The molecule has 0 atom stereocenters. The summed E-state index contributed by atoms with van der Waals surface area (Å²) in [5.74, 6) is -1.99. The smallest absolute Gasteiger partial charge is 0.303 e. The molecule has 6 N–H and O–H groups in total. The van der Waals surface area contributed by atoms with E-state index < -0.39 is 23.3 Å². The maximum Gasteiger partial charge on any atom is 0.303 e. The zero-order valence-corrected chi connectivity index (χ0v) is 31.1. The van der Waals surface area contributed by atoms with Gasteiger partial charge in [0.15, 0.2) is 0 Å². The summed E-state index contributed by atoms with van der Waals surface area (Å²) < 4.78 is 0. The molecule has 9 heteroatoms. The van der Waals surface area contributed by atoms with Crippen LogP contribution in [0.1, 0.15) is 201 Å². The Bertz CT molecular complexity index is 562. The summed E-state index contributed by atoms with van der Waals surface area (Å²) in [6, 6.07) is 0. The number of rotatable bonds is 30. The van der Waals surface area contributed by atoms with Gasteiger partial charge < -0.3 is 30.6 Å². The zero-order valence-electron chi connectivity index (χ0n) is 31.1. The van der Waals surface area contributed by atoms with Gasteiger partial charge in [0.25, 0.3) is 0 Å². The molecule has 0 aliphatic rings. The van der Waals surface area contributed by atoms with Crippen LogP contribution in [0.2, 0.25) is 0 Å². The lowest BCUT2D eigenvalue weighted by molar-refractivity contribution is -0.138. The minimum atomic E-state index is -0.663. The molecule has 0 aliphatic heterocycles. The number of aliphatic hydroxyl groups is 3. The summed E-state index contributed by atoms with van der Waals surface area (Å²) in [6.07, 6.45) is 28.6. The Kier molecular flexibility index (Phi) is 49.1. The molecule has 0 radical (unpaired) electrons. The Morgan fingerprint density at radius 2 is 0.574 bits per heavy atom. The number of carbonyl (C=O) groups is 3. The molecule has 0 heterocycles. The second-order valence-corrected chi connectivity index (χ2v) is 12.9. The van der Waals surface area contributed by atoms with Crippen LogP contribution in [0.25, 0.3) is 0 Å².